The van der Waals surface area contributed by atoms with E-state index in [9.17, 15) is 4.79 Å². The van der Waals surface area contributed by atoms with Crippen molar-refractivity contribution in [2.75, 3.05) is 37.6 Å². The molecule has 0 aromatic heterocycles. The molecule has 168 valence electrons. The highest BCUT2D eigenvalue weighted by Crippen LogP contribution is 2.29. The van der Waals surface area contributed by atoms with Crippen LogP contribution in [0.1, 0.15) is 38.8 Å². The van der Waals surface area contributed by atoms with Crippen LogP contribution in [-0.2, 0) is 17.1 Å². The lowest BCUT2D eigenvalue weighted by Crippen LogP contribution is -2.48. The molecule has 1 aliphatic rings. The van der Waals surface area contributed by atoms with Gasteiger partial charge in [0.05, 0.1) is 0 Å². The number of hydrogen-bond acceptors (Lipinski definition) is 3. The van der Waals surface area contributed by atoms with E-state index in [1.54, 1.807) is 6.92 Å². The Kier molecular flexibility index (Phi) is 8.73. The van der Waals surface area contributed by atoms with Crippen molar-refractivity contribution >= 4 is 27.6 Å². The summed E-state index contributed by atoms with van der Waals surface area (Å²) in [4.78, 5) is 15.9. The van der Waals surface area contributed by atoms with Crippen molar-refractivity contribution in [1.29, 1.82) is 0 Å². The second-order valence-electron chi connectivity index (χ2n) is 8.64. The SMILES string of the molecule is CC=S(Cc1ccccc1)N(Cc1ccc(N2CCN(C(C)=O)CC2)cc1)CC(C)C. The minimum Gasteiger partial charge on any atom is -0.368 e. The summed E-state index contributed by atoms with van der Waals surface area (Å²) < 4.78 is 2.64. The Morgan fingerprint density at radius 1 is 1.00 bits per heavy atom. The normalized spacial score (nSPS) is 15.7. The van der Waals surface area contributed by atoms with Crippen molar-refractivity contribution in [2.45, 2.75) is 40.0 Å². The molecule has 1 amide bonds. The van der Waals surface area contributed by atoms with Gasteiger partial charge in [0.1, 0.15) is 0 Å². The van der Waals surface area contributed by atoms with Crippen LogP contribution < -0.4 is 4.90 Å². The molecule has 0 saturated carbocycles. The first kappa shape index (κ1) is 23.6. The van der Waals surface area contributed by atoms with Crippen molar-refractivity contribution in [2.24, 2.45) is 5.92 Å². The number of amides is 1. The quantitative estimate of drug-likeness (QED) is 0.541. The molecule has 0 spiro atoms. The Labute approximate surface area is 190 Å². The van der Waals surface area contributed by atoms with Crippen LogP contribution >= 0.6 is 10.7 Å². The number of piperazine rings is 1. The lowest BCUT2D eigenvalue weighted by atomic mass is 10.1. The van der Waals surface area contributed by atoms with Gasteiger partial charge in [0.2, 0.25) is 5.91 Å². The summed E-state index contributed by atoms with van der Waals surface area (Å²) in [6.07, 6.45) is 0. The van der Waals surface area contributed by atoms with Crippen LogP contribution in [0, 0.1) is 5.92 Å². The maximum absolute atomic E-state index is 11.6. The van der Waals surface area contributed by atoms with Gasteiger partial charge in [0.15, 0.2) is 0 Å². The summed E-state index contributed by atoms with van der Waals surface area (Å²) in [7, 11) is 0.101. The number of benzene rings is 2. The fraction of sp³-hybridized carbons (Fsp3) is 0.462. The molecule has 3 rings (SSSR count). The zero-order valence-corrected chi connectivity index (χ0v) is 20.3. The Bertz CT molecular complexity index is 856. The number of carbonyl (C=O) groups is 1. The highest BCUT2D eigenvalue weighted by atomic mass is 32.2. The van der Waals surface area contributed by atoms with Crippen molar-refractivity contribution in [3.63, 3.8) is 0 Å². The molecule has 1 fully saturated rings. The minimum absolute atomic E-state index is 0.101. The molecular formula is C26H37N3OS. The van der Waals surface area contributed by atoms with E-state index in [1.807, 2.05) is 4.90 Å². The maximum atomic E-state index is 11.6. The predicted molar refractivity (Wildman–Crippen MR) is 136 cm³/mol. The number of anilines is 1. The molecule has 31 heavy (non-hydrogen) atoms. The summed E-state index contributed by atoms with van der Waals surface area (Å²) in [5.41, 5.74) is 4.02. The Balaban J connectivity index is 1.66. The molecule has 0 radical (unpaired) electrons. The van der Waals surface area contributed by atoms with Gasteiger partial charge in [-0.15, -0.1) is 10.7 Å². The van der Waals surface area contributed by atoms with Crippen molar-refractivity contribution in [3.8, 4) is 0 Å². The summed E-state index contributed by atoms with van der Waals surface area (Å²) in [5.74, 6) is 1.88. The van der Waals surface area contributed by atoms with Gasteiger partial charge in [-0.05, 0) is 41.5 Å². The van der Waals surface area contributed by atoms with Crippen LogP contribution in [0.15, 0.2) is 54.6 Å². The Morgan fingerprint density at radius 2 is 1.65 bits per heavy atom. The topological polar surface area (TPSA) is 26.8 Å². The van der Waals surface area contributed by atoms with E-state index < -0.39 is 0 Å². The highest BCUT2D eigenvalue weighted by Gasteiger charge is 2.19. The molecular weight excluding hydrogens is 402 g/mol. The molecule has 4 nitrogen and oxygen atoms in total. The van der Waals surface area contributed by atoms with Gasteiger partial charge >= 0.3 is 0 Å². The summed E-state index contributed by atoms with van der Waals surface area (Å²) in [5, 5.41) is 2.37. The largest absolute Gasteiger partial charge is 0.368 e. The first-order chi connectivity index (χ1) is 15.0. The van der Waals surface area contributed by atoms with E-state index >= 15 is 0 Å². The lowest BCUT2D eigenvalue weighted by Gasteiger charge is -2.35. The van der Waals surface area contributed by atoms with Crippen LogP contribution in [0.4, 0.5) is 5.69 Å². The first-order valence-corrected chi connectivity index (χ1v) is 12.7. The van der Waals surface area contributed by atoms with Gasteiger partial charge < -0.3 is 9.80 Å². The fourth-order valence-electron chi connectivity index (χ4n) is 4.01. The van der Waals surface area contributed by atoms with Crippen LogP contribution in [0.3, 0.4) is 0 Å². The molecule has 1 unspecified atom stereocenters. The van der Waals surface area contributed by atoms with Gasteiger partial charge in [0.25, 0.3) is 0 Å². The second-order valence-corrected chi connectivity index (χ2v) is 10.7. The molecule has 0 aliphatic carbocycles. The van der Waals surface area contributed by atoms with E-state index in [-0.39, 0.29) is 16.6 Å². The summed E-state index contributed by atoms with van der Waals surface area (Å²) >= 11 is 0. The number of carbonyl (C=O) groups excluding carboxylic acids is 1. The molecule has 0 N–H and O–H groups in total. The van der Waals surface area contributed by atoms with E-state index in [2.05, 4.69) is 89.9 Å². The maximum Gasteiger partial charge on any atom is 0.219 e. The molecule has 0 bridgehead atoms. The zero-order chi connectivity index (χ0) is 22.2. The van der Waals surface area contributed by atoms with Gasteiger partial charge in [-0.2, -0.15) is 0 Å². The van der Waals surface area contributed by atoms with Gasteiger partial charge in [-0.25, -0.2) is 0 Å². The van der Waals surface area contributed by atoms with Crippen LogP contribution in [0.25, 0.3) is 0 Å². The van der Waals surface area contributed by atoms with Gasteiger partial charge in [0, 0.05) is 57.6 Å². The van der Waals surface area contributed by atoms with Crippen molar-refractivity contribution in [3.05, 3.63) is 65.7 Å². The molecule has 2 aromatic carbocycles. The number of nitrogens with zero attached hydrogens (tertiary/aromatic N) is 3. The fourth-order valence-corrected chi connectivity index (χ4v) is 6.00. The third kappa shape index (κ3) is 6.94. The molecule has 1 aliphatic heterocycles. The average Bonchev–Trinajstić information content (AvgIpc) is 2.78. The van der Waals surface area contributed by atoms with E-state index in [0.717, 1.165) is 45.0 Å². The molecule has 2 aromatic rings. The lowest BCUT2D eigenvalue weighted by molar-refractivity contribution is -0.129. The van der Waals surface area contributed by atoms with Crippen molar-refractivity contribution < 1.29 is 4.79 Å². The monoisotopic (exact) mass is 439 g/mol. The number of hydrogen-bond donors (Lipinski definition) is 0. The third-order valence-electron chi connectivity index (χ3n) is 5.72. The molecule has 5 heteroatoms. The summed E-state index contributed by atoms with van der Waals surface area (Å²) in [6.45, 7) is 14.0. The predicted octanol–water partition coefficient (Wildman–Crippen LogP) is 5.02. The minimum atomic E-state index is 0.101. The zero-order valence-electron chi connectivity index (χ0n) is 19.5. The Morgan fingerprint density at radius 3 is 2.19 bits per heavy atom. The van der Waals surface area contributed by atoms with Crippen molar-refractivity contribution in [1.82, 2.24) is 9.21 Å². The van der Waals surface area contributed by atoms with E-state index in [4.69, 9.17) is 0 Å². The summed E-state index contributed by atoms with van der Waals surface area (Å²) in [6, 6.07) is 19.9. The van der Waals surface area contributed by atoms with Gasteiger partial charge in [-0.3, -0.25) is 9.10 Å². The number of rotatable bonds is 8. The second kappa shape index (κ2) is 11.5. The Hall–Kier alpha value is -2.11. The van der Waals surface area contributed by atoms with Crippen LogP contribution in [-0.4, -0.2) is 53.2 Å². The smallest absolute Gasteiger partial charge is 0.219 e. The molecule has 1 saturated heterocycles. The molecule has 1 atom stereocenters. The molecule has 1 heterocycles. The van der Waals surface area contributed by atoms with Gasteiger partial charge in [-0.1, -0.05) is 56.3 Å². The average molecular weight is 440 g/mol. The van der Waals surface area contributed by atoms with E-state index in [0.29, 0.717) is 5.92 Å². The highest BCUT2D eigenvalue weighted by molar-refractivity contribution is 8.12. The van der Waals surface area contributed by atoms with Crippen LogP contribution in [0.5, 0.6) is 0 Å². The third-order valence-corrected chi connectivity index (χ3v) is 7.83. The first-order valence-electron chi connectivity index (χ1n) is 11.3. The van der Waals surface area contributed by atoms with E-state index in [1.165, 1.54) is 16.8 Å². The van der Waals surface area contributed by atoms with Crippen LogP contribution in [0.2, 0.25) is 0 Å². The standard InChI is InChI=1S/C26H37N3OS/c1-5-31(21-25-9-7-6-8-10-25)29(19-22(2)3)20-24-11-13-26(14-12-24)28-17-15-27(16-18-28)23(4)30/h5-14,22H,15-21H2,1-4H3.